The van der Waals surface area contributed by atoms with E-state index in [-0.39, 0.29) is 17.1 Å². The molecule has 0 amide bonds. The van der Waals surface area contributed by atoms with E-state index < -0.39 is 0 Å². The number of anilines is 1. The first-order valence-electron chi connectivity index (χ1n) is 12.6. The van der Waals surface area contributed by atoms with Crippen molar-refractivity contribution in [1.29, 1.82) is 0 Å². The number of aryl methyl sites for hydroxylation is 2. The minimum atomic E-state index is -0.353. The van der Waals surface area contributed by atoms with Gasteiger partial charge in [-0.1, -0.05) is 23.8 Å². The van der Waals surface area contributed by atoms with Crippen molar-refractivity contribution in [2.45, 2.75) is 53.1 Å². The van der Waals surface area contributed by atoms with Gasteiger partial charge in [0.25, 0.3) is 5.56 Å². The zero-order valence-electron chi connectivity index (χ0n) is 22.0. The smallest absolute Gasteiger partial charge is 0.253 e. The fourth-order valence-electron chi connectivity index (χ4n) is 5.19. The number of pyridine rings is 1. The number of benzene rings is 2. The number of piperazine rings is 1. The maximum absolute atomic E-state index is 13.5. The van der Waals surface area contributed by atoms with E-state index in [9.17, 15) is 4.79 Å². The van der Waals surface area contributed by atoms with Gasteiger partial charge in [0.2, 0.25) is 0 Å². The van der Waals surface area contributed by atoms with E-state index in [0.717, 1.165) is 42.6 Å². The Morgan fingerprint density at radius 1 is 0.972 bits per heavy atom. The van der Waals surface area contributed by atoms with Crippen molar-refractivity contribution < 1.29 is 0 Å². The molecule has 1 N–H and O–H groups in total. The molecule has 8 heteroatoms. The molecule has 0 bridgehead atoms. The highest BCUT2D eigenvalue weighted by molar-refractivity contribution is 5.79. The van der Waals surface area contributed by atoms with Gasteiger partial charge >= 0.3 is 0 Å². The molecule has 1 saturated heterocycles. The predicted molar refractivity (Wildman–Crippen MR) is 144 cm³/mol. The van der Waals surface area contributed by atoms with Crippen LogP contribution >= 0.6 is 0 Å². The summed E-state index contributed by atoms with van der Waals surface area (Å²) in [5, 5.41) is 13.8. The molecule has 36 heavy (non-hydrogen) atoms. The molecule has 188 valence electrons. The minimum absolute atomic E-state index is 0.100. The second kappa shape index (κ2) is 9.17. The topological polar surface area (TPSA) is 82.9 Å². The van der Waals surface area contributed by atoms with Crippen molar-refractivity contribution in [3.63, 3.8) is 0 Å². The summed E-state index contributed by atoms with van der Waals surface area (Å²) in [4.78, 5) is 21.3. The summed E-state index contributed by atoms with van der Waals surface area (Å²) in [6, 6.07) is 14.2. The molecule has 0 saturated carbocycles. The predicted octanol–water partition coefficient (Wildman–Crippen LogP) is 4.11. The van der Waals surface area contributed by atoms with E-state index in [2.05, 4.69) is 96.1 Å². The lowest BCUT2D eigenvalue weighted by atomic mass is 10.00. The lowest BCUT2D eigenvalue weighted by molar-refractivity contribution is 0.190. The van der Waals surface area contributed by atoms with Gasteiger partial charge in [-0.3, -0.25) is 9.69 Å². The lowest BCUT2D eigenvalue weighted by Crippen LogP contribution is -2.49. The first-order chi connectivity index (χ1) is 17.1. The van der Waals surface area contributed by atoms with E-state index >= 15 is 0 Å². The van der Waals surface area contributed by atoms with Gasteiger partial charge in [-0.2, -0.15) is 0 Å². The van der Waals surface area contributed by atoms with Gasteiger partial charge in [-0.05, 0) is 92.7 Å². The van der Waals surface area contributed by atoms with Gasteiger partial charge in [0.05, 0.1) is 5.54 Å². The average Bonchev–Trinajstić information content (AvgIpc) is 3.32. The molecule has 5 rings (SSSR count). The van der Waals surface area contributed by atoms with Crippen LogP contribution in [0.3, 0.4) is 0 Å². The van der Waals surface area contributed by atoms with Crippen molar-refractivity contribution in [2.24, 2.45) is 0 Å². The Morgan fingerprint density at radius 3 is 2.44 bits per heavy atom. The van der Waals surface area contributed by atoms with Gasteiger partial charge in [0, 0.05) is 42.9 Å². The van der Waals surface area contributed by atoms with E-state index in [4.69, 9.17) is 0 Å². The highest BCUT2D eigenvalue weighted by Gasteiger charge is 2.35. The fraction of sp³-hybridized carbons (Fsp3) is 0.429. The number of fused-ring (bicyclic) bond motifs is 1. The first kappa shape index (κ1) is 24.2. The van der Waals surface area contributed by atoms with Crippen LogP contribution in [0, 0.1) is 20.8 Å². The highest BCUT2D eigenvalue weighted by atomic mass is 16.1. The molecule has 0 radical (unpaired) electrons. The Bertz CT molecular complexity index is 1460. The maximum atomic E-state index is 13.5. The zero-order chi connectivity index (χ0) is 25.6. The molecule has 1 aliphatic rings. The molecule has 0 aliphatic carbocycles. The molecule has 1 fully saturated rings. The summed E-state index contributed by atoms with van der Waals surface area (Å²) in [6.07, 6.45) is 0. The SMILES string of the molecule is Cc1ccc2[nH]c(=O)c([C@H](c3nnnn3C(C)(C)C)N3CCN(c4cccc(C)c4C)CC3)cc2c1. The number of aromatic nitrogens is 5. The number of nitrogens with one attached hydrogen (secondary N) is 1. The van der Waals surface area contributed by atoms with Crippen LogP contribution in [0.5, 0.6) is 0 Å². The first-order valence-corrected chi connectivity index (χ1v) is 12.6. The Hall–Kier alpha value is -3.52. The third kappa shape index (κ3) is 4.41. The number of nitrogens with zero attached hydrogens (tertiary/aromatic N) is 6. The van der Waals surface area contributed by atoms with E-state index in [0.29, 0.717) is 11.4 Å². The highest BCUT2D eigenvalue weighted by Crippen LogP contribution is 2.32. The standard InChI is InChI=1S/C28H35N7O/c1-18-10-11-23-21(16-18)17-22(27(36)29-23)25(26-30-31-32-35(26)28(4,5)6)34-14-12-33(13-15-34)24-9-7-8-19(2)20(24)3/h7-11,16-17,25H,12-15H2,1-6H3,(H,29,36)/t25-/m1/s1. The van der Waals surface area contributed by atoms with Crippen LogP contribution in [0.25, 0.3) is 10.9 Å². The maximum Gasteiger partial charge on any atom is 0.253 e. The van der Waals surface area contributed by atoms with Crippen LogP contribution in [0.15, 0.2) is 47.3 Å². The average molecular weight is 486 g/mol. The minimum Gasteiger partial charge on any atom is -0.369 e. The Balaban J connectivity index is 1.56. The summed E-state index contributed by atoms with van der Waals surface area (Å²) < 4.78 is 1.86. The molecule has 0 spiro atoms. The molecule has 1 atom stereocenters. The number of H-pyrrole nitrogens is 1. The summed E-state index contributed by atoms with van der Waals surface area (Å²) >= 11 is 0. The van der Waals surface area contributed by atoms with Crippen molar-refractivity contribution >= 4 is 16.6 Å². The molecule has 2 aromatic carbocycles. The molecular formula is C28H35N7O. The van der Waals surface area contributed by atoms with Crippen LogP contribution in [0.1, 0.15) is 54.9 Å². The number of tetrazole rings is 1. The number of aromatic amines is 1. The van der Waals surface area contributed by atoms with Gasteiger partial charge in [-0.25, -0.2) is 4.68 Å². The quantitative estimate of drug-likeness (QED) is 0.469. The van der Waals surface area contributed by atoms with Gasteiger partial charge < -0.3 is 9.88 Å². The summed E-state index contributed by atoms with van der Waals surface area (Å²) in [5.74, 6) is 0.695. The second-order valence-corrected chi connectivity index (χ2v) is 10.9. The van der Waals surface area contributed by atoms with Crippen LogP contribution in [0.4, 0.5) is 5.69 Å². The second-order valence-electron chi connectivity index (χ2n) is 10.9. The molecular weight excluding hydrogens is 450 g/mol. The van der Waals surface area contributed by atoms with Gasteiger partial charge in [0.1, 0.15) is 6.04 Å². The van der Waals surface area contributed by atoms with Crippen molar-refractivity contribution in [2.75, 3.05) is 31.1 Å². The van der Waals surface area contributed by atoms with E-state index in [1.54, 1.807) is 0 Å². The molecule has 3 heterocycles. The van der Waals surface area contributed by atoms with Crippen LogP contribution in [-0.4, -0.2) is 56.3 Å². The summed E-state index contributed by atoms with van der Waals surface area (Å²) in [5.41, 5.74) is 6.14. The third-order valence-electron chi connectivity index (χ3n) is 7.29. The van der Waals surface area contributed by atoms with Crippen molar-refractivity contribution in [3.05, 3.63) is 80.9 Å². The van der Waals surface area contributed by atoms with Gasteiger partial charge in [-0.15, -0.1) is 5.10 Å². The summed E-state index contributed by atoms with van der Waals surface area (Å²) in [6.45, 7) is 16.0. The van der Waals surface area contributed by atoms with E-state index in [1.807, 2.05) is 22.9 Å². The van der Waals surface area contributed by atoms with Crippen LogP contribution in [0.2, 0.25) is 0 Å². The Kier molecular flexibility index (Phi) is 6.16. The Labute approximate surface area is 211 Å². The molecule has 8 nitrogen and oxygen atoms in total. The van der Waals surface area contributed by atoms with Crippen molar-refractivity contribution in [3.8, 4) is 0 Å². The molecule has 2 aromatic heterocycles. The molecule has 0 unspecified atom stereocenters. The zero-order valence-corrected chi connectivity index (χ0v) is 22.0. The normalized spacial score (nSPS) is 16.0. The molecule has 1 aliphatic heterocycles. The van der Waals surface area contributed by atoms with Gasteiger partial charge in [0.15, 0.2) is 5.82 Å². The monoisotopic (exact) mass is 485 g/mol. The number of hydrogen-bond donors (Lipinski definition) is 1. The van der Waals surface area contributed by atoms with E-state index in [1.165, 1.54) is 16.8 Å². The Morgan fingerprint density at radius 2 is 1.72 bits per heavy atom. The lowest BCUT2D eigenvalue weighted by Gasteiger charge is -2.40. The fourth-order valence-corrected chi connectivity index (χ4v) is 5.19. The largest absolute Gasteiger partial charge is 0.369 e. The van der Waals surface area contributed by atoms with Crippen LogP contribution < -0.4 is 10.5 Å². The molecule has 4 aromatic rings. The third-order valence-corrected chi connectivity index (χ3v) is 7.29. The number of hydrogen-bond acceptors (Lipinski definition) is 6. The summed E-state index contributed by atoms with van der Waals surface area (Å²) in [7, 11) is 0. The van der Waals surface area contributed by atoms with Crippen LogP contribution in [-0.2, 0) is 5.54 Å². The number of rotatable bonds is 4. The van der Waals surface area contributed by atoms with Crippen molar-refractivity contribution in [1.82, 2.24) is 30.1 Å².